The molecule has 0 saturated carbocycles. The first-order valence-electron chi connectivity index (χ1n) is 14.9. The highest BCUT2D eigenvalue weighted by Crippen LogP contribution is 2.38. The number of nitrogens with zero attached hydrogens (tertiary/aromatic N) is 4. The van der Waals surface area contributed by atoms with Gasteiger partial charge in [-0.25, -0.2) is 4.98 Å². The molecular formula is C34H36N4O5. The smallest absolute Gasteiger partial charge is 0.265 e. The van der Waals surface area contributed by atoms with Crippen LogP contribution in [0.15, 0.2) is 70.5 Å². The highest BCUT2D eigenvalue weighted by Gasteiger charge is 2.32. The highest BCUT2D eigenvalue weighted by molar-refractivity contribution is 6.03. The number of benzene rings is 3. The topological polar surface area (TPSA) is 95.2 Å². The van der Waals surface area contributed by atoms with Crippen molar-refractivity contribution in [1.29, 1.82) is 0 Å². The van der Waals surface area contributed by atoms with E-state index in [1.807, 2.05) is 66.6 Å². The van der Waals surface area contributed by atoms with E-state index >= 15 is 0 Å². The van der Waals surface area contributed by atoms with Crippen LogP contribution in [0.5, 0.6) is 17.2 Å². The number of aliphatic imine (C=N–C) groups is 1. The van der Waals surface area contributed by atoms with Gasteiger partial charge in [-0.3, -0.25) is 19.1 Å². The van der Waals surface area contributed by atoms with Crippen LogP contribution in [0, 0.1) is 6.92 Å². The number of aromatic nitrogens is 2. The third-order valence-electron chi connectivity index (χ3n) is 8.06. The van der Waals surface area contributed by atoms with E-state index in [0.29, 0.717) is 52.7 Å². The summed E-state index contributed by atoms with van der Waals surface area (Å²) in [5.74, 6) is 2.58. The van der Waals surface area contributed by atoms with E-state index in [0.717, 1.165) is 56.5 Å². The molecule has 2 aliphatic heterocycles. The molecule has 9 heteroatoms. The van der Waals surface area contributed by atoms with Crippen molar-refractivity contribution in [3.8, 4) is 22.9 Å². The second-order valence-electron chi connectivity index (χ2n) is 10.9. The summed E-state index contributed by atoms with van der Waals surface area (Å²) in [4.78, 5) is 37.2. The second-order valence-corrected chi connectivity index (χ2v) is 10.9. The van der Waals surface area contributed by atoms with Gasteiger partial charge in [-0.1, -0.05) is 12.1 Å². The highest BCUT2D eigenvalue weighted by atomic mass is 16.5. The first kappa shape index (κ1) is 28.5. The van der Waals surface area contributed by atoms with Crippen molar-refractivity contribution in [1.82, 2.24) is 14.5 Å². The van der Waals surface area contributed by atoms with Crippen LogP contribution in [-0.4, -0.2) is 59.5 Å². The van der Waals surface area contributed by atoms with Gasteiger partial charge in [0, 0.05) is 18.8 Å². The number of para-hydroxylation sites is 1. The summed E-state index contributed by atoms with van der Waals surface area (Å²) >= 11 is 0. The average Bonchev–Trinajstić information content (AvgIpc) is 3.46. The zero-order chi connectivity index (χ0) is 29.8. The lowest BCUT2D eigenvalue weighted by Crippen LogP contribution is -2.35. The number of aryl methyl sites for hydroxylation is 1. The van der Waals surface area contributed by atoms with Gasteiger partial charge in [0.1, 0.15) is 11.6 Å². The third-order valence-corrected chi connectivity index (χ3v) is 8.06. The van der Waals surface area contributed by atoms with Crippen LogP contribution in [-0.2, 0) is 0 Å². The minimum atomic E-state index is -0.0786. The molecule has 222 valence electrons. The Morgan fingerprint density at radius 1 is 0.907 bits per heavy atom. The number of rotatable bonds is 11. The van der Waals surface area contributed by atoms with Gasteiger partial charge >= 0.3 is 0 Å². The maximum absolute atomic E-state index is 13.0. The van der Waals surface area contributed by atoms with Crippen LogP contribution in [0.2, 0.25) is 0 Å². The Hall–Kier alpha value is -4.66. The number of ether oxygens (including phenoxy) is 3. The minimum Gasteiger partial charge on any atom is -0.494 e. The lowest BCUT2D eigenvalue weighted by Gasteiger charge is -2.20. The molecule has 1 saturated heterocycles. The van der Waals surface area contributed by atoms with Crippen molar-refractivity contribution in [3.05, 3.63) is 82.4 Å². The summed E-state index contributed by atoms with van der Waals surface area (Å²) in [5, 5.41) is 0.599. The van der Waals surface area contributed by atoms with Crippen molar-refractivity contribution < 1.29 is 19.0 Å². The Morgan fingerprint density at radius 2 is 1.67 bits per heavy atom. The van der Waals surface area contributed by atoms with E-state index in [4.69, 9.17) is 14.2 Å². The quantitative estimate of drug-likeness (QED) is 0.201. The van der Waals surface area contributed by atoms with Gasteiger partial charge in [-0.15, -0.1) is 0 Å². The molecule has 3 heterocycles. The summed E-state index contributed by atoms with van der Waals surface area (Å²) in [6, 6.07) is 18.6. The van der Waals surface area contributed by atoms with Crippen molar-refractivity contribution in [3.63, 3.8) is 0 Å². The number of hydrogen-bond donors (Lipinski definition) is 0. The van der Waals surface area contributed by atoms with Crippen molar-refractivity contribution >= 4 is 28.7 Å². The second kappa shape index (κ2) is 12.7. The molecule has 1 amide bonds. The average molecular weight is 581 g/mol. The molecule has 43 heavy (non-hydrogen) atoms. The van der Waals surface area contributed by atoms with Crippen LogP contribution in [0.1, 0.15) is 54.7 Å². The fourth-order valence-electron chi connectivity index (χ4n) is 5.79. The van der Waals surface area contributed by atoms with Gasteiger partial charge < -0.3 is 19.1 Å². The third kappa shape index (κ3) is 5.98. The first-order valence-corrected chi connectivity index (χ1v) is 14.9. The Balaban J connectivity index is 0.954. The molecule has 0 radical (unpaired) electrons. The molecule has 1 fully saturated rings. The fraction of sp³-hybridized carbons (Fsp3) is 0.353. The summed E-state index contributed by atoms with van der Waals surface area (Å²) in [7, 11) is 1.59. The lowest BCUT2D eigenvalue weighted by atomic mass is 10.1. The minimum absolute atomic E-state index is 0.00539. The normalized spacial score (nSPS) is 15.7. The molecule has 3 aromatic carbocycles. The number of carbonyl (C=O) groups is 1. The summed E-state index contributed by atoms with van der Waals surface area (Å²) in [6.45, 7) is 3.76. The van der Waals surface area contributed by atoms with Crippen LogP contribution in [0.25, 0.3) is 16.6 Å². The summed E-state index contributed by atoms with van der Waals surface area (Å²) in [5.41, 5.74) is 2.59. The Morgan fingerprint density at radius 3 is 2.47 bits per heavy atom. The number of amides is 1. The monoisotopic (exact) mass is 580 g/mol. The van der Waals surface area contributed by atoms with Gasteiger partial charge in [-0.2, -0.15) is 0 Å². The van der Waals surface area contributed by atoms with E-state index in [1.54, 1.807) is 23.8 Å². The molecule has 0 aliphatic carbocycles. The van der Waals surface area contributed by atoms with Gasteiger partial charge in [0.25, 0.3) is 11.5 Å². The maximum atomic E-state index is 13.0. The summed E-state index contributed by atoms with van der Waals surface area (Å²) in [6.07, 6.45) is 7.66. The predicted molar refractivity (Wildman–Crippen MR) is 167 cm³/mol. The Kier molecular flexibility index (Phi) is 8.40. The van der Waals surface area contributed by atoms with E-state index in [2.05, 4.69) is 9.98 Å². The Bertz CT molecular complexity index is 1710. The number of fused-ring (bicyclic) bond motifs is 3. The zero-order valence-corrected chi connectivity index (χ0v) is 24.6. The molecule has 6 rings (SSSR count). The standard InChI is InChI=1S/C34H36N4O5/c1-23-36-29-12-6-5-11-27(29)34(40)38(23)24-13-15-26(16-14-24)42-18-7-3-4-8-19-43-32-21-30-28(20-31(32)41-2)33(39)37-17-9-10-25(37)22-35-30/h5-6,11-16,20-22,25H,3-4,7-10,17-19H2,1-2H3/t25-/m0/s1. The molecule has 0 bridgehead atoms. The van der Waals surface area contributed by atoms with Gasteiger partial charge in [0.05, 0.1) is 54.2 Å². The molecule has 0 N–H and O–H groups in total. The molecule has 2 aliphatic rings. The van der Waals surface area contributed by atoms with E-state index in [1.165, 1.54) is 0 Å². The van der Waals surface area contributed by atoms with Gasteiger partial charge in [0.2, 0.25) is 0 Å². The largest absolute Gasteiger partial charge is 0.494 e. The van der Waals surface area contributed by atoms with Crippen LogP contribution >= 0.6 is 0 Å². The molecule has 0 spiro atoms. The van der Waals surface area contributed by atoms with Crippen LogP contribution in [0.4, 0.5) is 5.69 Å². The summed E-state index contributed by atoms with van der Waals surface area (Å²) < 4.78 is 19.2. The lowest BCUT2D eigenvalue weighted by molar-refractivity contribution is 0.0774. The SMILES string of the molecule is COc1cc2c(cc1OCCCCCCOc1ccc(-n3c(C)nc4ccccc4c3=O)cc1)N=C[C@@H]1CCCN1C2=O. The number of hydrogen-bond acceptors (Lipinski definition) is 7. The van der Waals surface area contributed by atoms with E-state index in [9.17, 15) is 9.59 Å². The maximum Gasteiger partial charge on any atom is 0.265 e. The fourth-order valence-corrected chi connectivity index (χ4v) is 5.79. The van der Waals surface area contributed by atoms with E-state index in [-0.39, 0.29) is 17.5 Å². The zero-order valence-electron chi connectivity index (χ0n) is 24.6. The predicted octanol–water partition coefficient (Wildman–Crippen LogP) is 6.04. The Labute approximate surface area is 250 Å². The van der Waals surface area contributed by atoms with Crippen molar-refractivity contribution in [2.24, 2.45) is 4.99 Å². The first-order chi connectivity index (χ1) is 21.0. The van der Waals surface area contributed by atoms with Crippen LogP contribution in [0.3, 0.4) is 0 Å². The van der Waals surface area contributed by atoms with Crippen LogP contribution < -0.4 is 19.8 Å². The number of unbranched alkanes of at least 4 members (excludes halogenated alkanes) is 3. The molecule has 0 unspecified atom stereocenters. The van der Waals surface area contributed by atoms with Gasteiger partial charge in [-0.05, 0) is 87.9 Å². The number of carbonyl (C=O) groups excluding carboxylic acids is 1. The molecule has 1 atom stereocenters. The molecular weight excluding hydrogens is 544 g/mol. The number of methoxy groups -OCH3 is 1. The molecule has 1 aromatic heterocycles. The molecule has 4 aromatic rings. The van der Waals surface area contributed by atoms with E-state index < -0.39 is 0 Å². The molecule has 9 nitrogen and oxygen atoms in total. The van der Waals surface area contributed by atoms with Crippen molar-refractivity contribution in [2.75, 3.05) is 26.9 Å². The van der Waals surface area contributed by atoms with Gasteiger partial charge in [0.15, 0.2) is 11.5 Å². The van der Waals surface area contributed by atoms with Crippen molar-refractivity contribution in [2.45, 2.75) is 51.5 Å².